The summed E-state index contributed by atoms with van der Waals surface area (Å²) in [5.74, 6) is -12.7. The maximum absolute atomic E-state index is 14.6. The molecule has 9 rings (SSSR count). The molecule has 8 aromatic carbocycles. The molecule has 0 aliphatic heterocycles. The van der Waals surface area contributed by atoms with Crippen LogP contribution in [0.2, 0.25) is 0 Å². The standard InChI is InChI=1S/C53H26F8O4/c54-37-15-31(16-38(55)23-37)49(62)27-9-28(50(63)32-17-39(56)24-40(57)18-32)12-35(11-27)53(47-7-3-1-5-45(47)46-6-2-4-8-48(46)53)36-13-29(51(64)33-19-41(58)25-42(59)20-33)10-30(14-36)52(65)34-21-43(60)26-44(61)22-34/h1-26H. The average molecular weight is 879 g/mol. The summed E-state index contributed by atoms with van der Waals surface area (Å²) in [5, 5.41) is 0. The third-order valence-corrected chi connectivity index (χ3v) is 11.2. The number of carbonyl (C=O) groups is 4. The third kappa shape index (κ3) is 7.62. The van der Waals surface area contributed by atoms with Crippen molar-refractivity contribution in [2.24, 2.45) is 0 Å². The summed E-state index contributed by atoms with van der Waals surface area (Å²) in [4.78, 5) is 57.6. The van der Waals surface area contributed by atoms with Gasteiger partial charge in [-0.25, -0.2) is 35.1 Å². The fraction of sp³-hybridized carbons (Fsp3) is 0.0189. The molecule has 8 aromatic rings. The highest BCUT2D eigenvalue weighted by molar-refractivity contribution is 6.15. The Morgan fingerprint density at radius 3 is 0.738 bits per heavy atom. The Morgan fingerprint density at radius 2 is 0.492 bits per heavy atom. The molecule has 4 nitrogen and oxygen atoms in total. The molecule has 65 heavy (non-hydrogen) atoms. The first-order chi connectivity index (χ1) is 31.1. The van der Waals surface area contributed by atoms with Crippen LogP contribution in [0.4, 0.5) is 35.1 Å². The van der Waals surface area contributed by atoms with E-state index in [9.17, 15) is 54.3 Å². The van der Waals surface area contributed by atoms with Gasteiger partial charge in [0.15, 0.2) is 23.1 Å². The van der Waals surface area contributed by atoms with Crippen molar-refractivity contribution in [1.29, 1.82) is 0 Å². The van der Waals surface area contributed by atoms with Crippen LogP contribution >= 0.6 is 0 Å². The van der Waals surface area contributed by atoms with Gasteiger partial charge in [0.2, 0.25) is 0 Å². The van der Waals surface area contributed by atoms with Gasteiger partial charge in [0.25, 0.3) is 0 Å². The maximum Gasteiger partial charge on any atom is 0.193 e. The Balaban J connectivity index is 1.40. The normalized spacial score (nSPS) is 12.4. The van der Waals surface area contributed by atoms with Crippen molar-refractivity contribution < 1.29 is 54.3 Å². The smallest absolute Gasteiger partial charge is 0.193 e. The number of halogens is 8. The zero-order chi connectivity index (χ0) is 45.9. The quantitative estimate of drug-likeness (QED) is 0.101. The van der Waals surface area contributed by atoms with Crippen LogP contribution in [0.15, 0.2) is 158 Å². The molecule has 1 aliphatic carbocycles. The van der Waals surface area contributed by atoms with Crippen LogP contribution in [-0.2, 0) is 5.41 Å². The van der Waals surface area contributed by atoms with Gasteiger partial charge < -0.3 is 0 Å². The number of ketones is 4. The summed E-state index contributed by atoms with van der Waals surface area (Å²) < 4.78 is 117. The van der Waals surface area contributed by atoms with Crippen molar-refractivity contribution in [3.63, 3.8) is 0 Å². The lowest BCUT2D eigenvalue weighted by atomic mass is 9.66. The van der Waals surface area contributed by atoms with E-state index in [0.29, 0.717) is 46.5 Å². The van der Waals surface area contributed by atoms with E-state index in [1.54, 1.807) is 48.5 Å². The lowest BCUT2D eigenvalue weighted by molar-refractivity contribution is 0.102. The van der Waals surface area contributed by atoms with Crippen LogP contribution in [0.1, 0.15) is 85.9 Å². The molecular formula is C53H26F8O4. The number of hydrogen-bond acceptors (Lipinski definition) is 4. The molecule has 0 bridgehead atoms. The van der Waals surface area contributed by atoms with Crippen molar-refractivity contribution in [1.82, 2.24) is 0 Å². The minimum Gasteiger partial charge on any atom is -0.289 e. The van der Waals surface area contributed by atoms with E-state index in [1.807, 2.05) is 0 Å². The second-order valence-electron chi connectivity index (χ2n) is 15.4. The molecule has 0 saturated carbocycles. The van der Waals surface area contributed by atoms with Crippen molar-refractivity contribution in [2.45, 2.75) is 5.41 Å². The van der Waals surface area contributed by atoms with Gasteiger partial charge in [0.05, 0.1) is 5.41 Å². The molecule has 0 heterocycles. The van der Waals surface area contributed by atoms with Crippen LogP contribution in [-0.4, -0.2) is 23.1 Å². The molecule has 0 aromatic heterocycles. The predicted molar refractivity (Wildman–Crippen MR) is 223 cm³/mol. The number of hydrogen-bond donors (Lipinski definition) is 0. The van der Waals surface area contributed by atoms with Crippen LogP contribution in [0.25, 0.3) is 11.1 Å². The summed E-state index contributed by atoms with van der Waals surface area (Å²) in [7, 11) is 0. The van der Waals surface area contributed by atoms with E-state index in [2.05, 4.69) is 0 Å². The second kappa shape index (κ2) is 16.2. The lowest BCUT2D eigenvalue weighted by Gasteiger charge is -2.35. The van der Waals surface area contributed by atoms with Gasteiger partial charge in [0, 0.05) is 68.8 Å². The molecule has 0 radical (unpaired) electrons. The average Bonchev–Trinajstić information content (AvgIpc) is 3.57. The van der Waals surface area contributed by atoms with Crippen molar-refractivity contribution >= 4 is 23.1 Å². The second-order valence-corrected chi connectivity index (χ2v) is 15.4. The Hall–Kier alpha value is -8.12. The van der Waals surface area contributed by atoms with E-state index in [-0.39, 0.29) is 33.4 Å². The minimum atomic E-state index is -1.80. The SMILES string of the molecule is O=C(c1cc(F)cc(F)c1)c1cc(C(=O)c2cc(F)cc(F)c2)cc(C2(c3cc(C(=O)c4cc(F)cc(F)c4)cc(C(=O)c4cc(F)cc(F)c4)c3)c3ccccc3-c3ccccc32)c1. The first-order valence-corrected chi connectivity index (χ1v) is 19.6. The summed E-state index contributed by atoms with van der Waals surface area (Å²) in [6.07, 6.45) is 0. The summed E-state index contributed by atoms with van der Waals surface area (Å²) >= 11 is 0. The number of fused-ring (bicyclic) bond motifs is 3. The molecule has 12 heteroatoms. The third-order valence-electron chi connectivity index (χ3n) is 11.2. The van der Waals surface area contributed by atoms with Crippen LogP contribution in [0.3, 0.4) is 0 Å². The van der Waals surface area contributed by atoms with E-state index in [0.717, 1.165) is 60.7 Å². The number of benzene rings is 8. The van der Waals surface area contributed by atoms with Crippen LogP contribution < -0.4 is 0 Å². The molecular weight excluding hydrogens is 853 g/mol. The predicted octanol–water partition coefficient (Wildman–Crippen LogP) is 12.1. The van der Waals surface area contributed by atoms with Gasteiger partial charge in [-0.3, -0.25) is 19.2 Å². The molecule has 0 saturated heterocycles. The molecule has 0 fully saturated rings. The Kier molecular flexibility index (Phi) is 10.5. The Bertz CT molecular complexity index is 2890. The minimum absolute atomic E-state index is 0.0504. The molecule has 0 unspecified atom stereocenters. The largest absolute Gasteiger partial charge is 0.289 e. The van der Waals surface area contributed by atoms with Crippen molar-refractivity contribution in [3.8, 4) is 11.1 Å². The van der Waals surface area contributed by atoms with Crippen LogP contribution in [0, 0.1) is 46.5 Å². The molecule has 318 valence electrons. The molecule has 1 aliphatic rings. The summed E-state index contributed by atoms with van der Waals surface area (Å²) in [6.45, 7) is 0. The van der Waals surface area contributed by atoms with Crippen LogP contribution in [0.5, 0.6) is 0 Å². The van der Waals surface area contributed by atoms with Crippen molar-refractivity contribution in [2.75, 3.05) is 0 Å². The first-order valence-electron chi connectivity index (χ1n) is 19.6. The number of carbonyl (C=O) groups excluding carboxylic acids is 4. The zero-order valence-corrected chi connectivity index (χ0v) is 33.2. The molecule has 0 N–H and O–H groups in total. The molecule has 0 spiro atoms. The monoisotopic (exact) mass is 878 g/mol. The molecule has 0 atom stereocenters. The van der Waals surface area contributed by atoms with Gasteiger partial charge in [-0.1, -0.05) is 48.5 Å². The van der Waals surface area contributed by atoms with Gasteiger partial charge >= 0.3 is 0 Å². The maximum atomic E-state index is 14.6. The highest BCUT2D eigenvalue weighted by Crippen LogP contribution is 2.56. The highest BCUT2D eigenvalue weighted by atomic mass is 19.2. The zero-order valence-electron chi connectivity index (χ0n) is 33.2. The lowest BCUT2D eigenvalue weighted by Crippen LogP contribution is -2.30. The van der Waals surface area contributed by atoms with Gasteiger partial charge in [-0.15, -0.1) is 0 Å². The van der Waals surface area contributed by atoms with Gasteiger partial charge in [0.1, 0.15) is 46.5 Å². The van der Waals surface area contributed by atoms with Gasteiger partial charge in [-0.05, 0) is 118 Å². The highest BCUT2D eigenvalue weighted by Gasteiger charge is 2.47. The Morgan fingerprint density at radius 1 is 0.277 bits per heavy atom. The summed E-state index contributed by atoms with van der Waals surface area (Å²) in [5.41, 5.74) is -2.90. The van der Waals surface area contributed by atoms with E-state index in [1.165, 1.54) is 24.3 Å². The summed E-state index contributed by atoms with van der Waals surface area (Å²) in [6, 6.07) is 29.5. The molecule has 0 amide bonds. The van der Waals surface area contributed by atoms with E-state index < -0.39 is 97.3 Å². The topological polar surface area (TPSA) is 68.3 Å². The van der Waals surface area contributed by atoms with E-state index >= 15 is 0 Å². The van der Waals surface area contributed by atoms with Crippen molar-refractivity contribution in [3.05, 3.63) is 271 Å². The number of rotatable bonds is 10. The fourth-order valence-electron chi connectivity index (χ4n) is 8.64. The fourth-order valence-corrected chi connectivity index (χ4v) is 8.64. The Labute approximate surface area is 364 Å². The van der Waals surface area contributed by atoms with Gasteiger partial charge in [-0.2, -0.15) is 0 Å². The van der Waals surface area contributed by atoms with E-state index in [4.69, 9.17) is 0 Å². The first kappa shape index (κ1) is 42.2.